The van der Waals surface area contributed by atoms with Crippen LogP contribution in [-0.4, -0.2) is 34.1 Å². The van der Waals surface area contributed by atoms with E-state index in [-0.39, 0.29) is 11.1 Å². The number of carbonyl (C=O) groups is 1. The van der Waals surface area contributed by atoms with Crippen LogP contribution in [-0.2, 0) is 25.3 Å². The van der Waals surface area contributed by atoms with Crippen molar-refractivity contribution in [3.63, 3.8) is 0 Å². The smallest absolute Gasteiger partial charge is 0.384 e. The topological polar surface area (TPSA) is 44.8 Å². The Bertz CT molecular complexity index is 608. The molecule has 0 fully saturated rings. The average molecular weight is 377 g/mol. The molecule has 0 radical (unpaired) electrons. The number of carbonyl (C=O) groups excluding carboxylic acids is 1. The maximum atomic E-state index is 11.3. The van der Waals surface area contributed by atoms with Crippen molar-refractivity contribution in [1.82, 2.24) is 0 Å². The van der Waals surface area contributed by atoms with Crippen molar-refractivity contribution in [2.24, 2.45) is 0 Å². The van der Waals surface area contributed by atoms with Crippen molar-refractivity contribution in [3.8, 4) is 11.8 Å². The summed E-state index contributed by atoms with van der Waals surface area (Å²) in [6.45, 7) is 12.2. The third kappa shape index (κ3) is 8.18. The molecule has 1 atom stereocenters. The molecule has 0 saturated heterocycles. The predicted octanol–water partition coefficient (Wildman–Crippen LogP) is 4.55. The first-order valence-corrected chi connectivity index (χ1v) is 12.0. The lowest BCUT2D eigenvalue weighted by Gasteiger charge is -2.38. The van der Waals surface area contributed by atoms with Crippen molar-refractivity contribution in [3.05, 3.63) is 35.9 Å². The Morgan fingerprint density at radius 3 is 2.42 bits per heavy atom. The van der Waals surface area contributed by atoms with E-state index in [1.807, 2.05) is 30.3 Å². The Morgan fingerprint density at radius 2 is 1.85 bits per heavy atom. The first-order valence-electron chi connectivity index (χ1n) is 9.04. The van der Waals surface area contributed by atoms with E-state index >= 15 is 0 Å². The molecule has 0 spiro atoms. The van der Waals surface area contributed by atoms with Crippen LogP contribution in [0.25, 0.3) is 0 Å². The van der Waals surface area contributed by atoms with Gasteiger partial charge in [-0.1, -0.05) is 57.0 Å². The molecule has 4 nitrogen and oxygen atoms in total. The van der Waals surface area contributed by atoms with Crippen LogP contribution in [0.1, 0.15) is 39.2 Å². The van der Waals surface area contributed by atoms with Gasteiger partial charge in [0.15, 0.2) is 8.32 Å². The second-order valence-corrected chi connectivity index (χ2v) is 12.6. The van der Waals surface area contributed by atoms with E-state index in [1.165, 1.54) is 7.11 Å². The maximum Gasteiger partial charge on any atom is 0.384 e. The fraction of sp³-hybridized carbons (Fsp3) is 0.571. The summed E-state index contributed by atoms with van der Waals surface area (Å²) in [5.74, 6) is 4.92. The number of ether oxygens (including phenoxy) is 2. The van der Waals surface area contributed by atoms with E-state index in [0.29, 0.717) is 13.2 Å². The Hall–Kier alpha value is -1.61. The number of esters is 1. The van der Waals surface area contributed by atoms with Crippen molar-refractivity contribution in [2.45, 2.75) is 64.5 Å². The second kappa shape index (κ2) is 10.5. The number of methoxy groups -OCH3 is 1. The molecule has 0 unspecified atom stereocenters. The van der Waals surface area contributed by atoms with Gasteiger partial charge in [0.25, 0.3) is 0 Å². The van der Waals surface area contributed by atoms with Gasteiger partial charge in [-0.25, -0.2) is 4.79 Å². The van der Waals surface area contributed by atoms with Gasteiger partial charge >= 0.3 is 5.97 Å². The van der Waals surface area contributed by atoms with E-state index < -0.39 is 14.3 Å². The van der Waals surface area contributed by atoms with E-state index in [4.69, 9.17) is 9.16 Å². The highest BCUT2D eigenvalue weighted by molar-refractivity contribution is 6.74. The predicted molar refractivity (Wildman–Crippen MR) is 107 cm³/mol. The lowest BCUT2D eigenvalue weighted by molar-refractivity contribution is -0.133. The number of hydrogen-bond donors (Lipinski definition) is 0. The zero-order valence-corrected chi connectivity index (χ0v) is 17.9. The molecule has 0 saturated carbocycles. The summed E-state index contributed by atoms with van der Waals surface area (Å²) < 4.78 is 16.7. The van der Waals surface area contributed by atoms with Crippen LogP contribution >= 0.6 is 0 Å². The van der Waals surface area contributed by atoms with E-state index in [0.717, 1.165) is 18.4 Å². The molecule has 0 aliphatic carbocycles. The lowest BCUT2D eigenvalue weighted by atomic mass is 10.2. The average Bonchev–Trinajstić information content (AvgIpc) is 2.58. The molecule has 144 valence electrons. The minimum atomic E-state index is -1.97. The van der Waals surface area contributed by atoms with Gasteiger partial charge in [-0.15, -0.1) is 0 Å². The molecule has 1 aromatic carbocycles. The quantitative estimate of drug-likeness (QED) is 0.219. The summed E-state index contributed by atoms with van der Waals surface area (Å²) in [6, 6.07) is 10.1. The molecule has 0 heterocycles. The third-order valence-corrected chi connectivity index (χ3v) is 9.12. The third-order valence-electron chi connectivity index (χ3n) is 4.63. The first kappa shape index (κ1) is 22.4. The molecule has 1 rings (SSSR count). The first-order chi connectivity index (χ1) is 12.2. The Balaban J connectivity index is 2.56. The zero-order chi connectivity index (χ0) is 19.6. The van der Waals surface area contributed by atoms with Crippen molar-refractivity contribution in [2.75, 3.05) is 13.7 Å². The van der Waals surface area contributed by atoms with Gasteiger partial charge < -0.3 is 13.9 Å². The Kier molecular flexibility index (Phi) is 9.07. The minimum Gasteiger partial charge on any atom is -0.459 e. The molecule has 1 aromatic rings. The molecular formula is C21H32O4Si. The summed E-state index contributed by atoms with van der Waals surface area (Å²) in [5.41, 5.74) is 1.16. The number of rotatable bonds is 8. The Morgan fingerprint density at radius 1 is 1.19 bits per heavy atom. The van der Waals surface area contributed by atoms with Crippen LogP contribution in [0, 0.1) is 11.8 Å². The van der Waals surface area contributed by atoms with Gasteiger partial charge in [0.1, 0.15) is 6.10 Å². The van der Waals surface area contributed by atoms with Gasteiger partial charge in [0, 0.05) is 12.5 Å². The maximum absolute atomic E-state index is 11.3. The summed E-state index contributed by atoms with van der Waals surface area (Å²) in [6.07, 6.45) is 1.27. The van der Waals surface area contributed by atoms with Crippen LogP contribution in [0.15, 0.2) is 30.3 Å². The van der Waals surface area contributed by atoms with Crippen LogP contribution < -0.4 is 0 Å². The molecule has 0 aliphatic rings. The molecule has 0 bridgehead atoms. The van der Waals surface area contributed by atoms with Gasteiger partial charge in [0.2, 0.25) is 0 Å². The van der Waals surface area contributed by atoms with Crippen molar-refractivity contribution >= 4 is 14.3 Å². The van der Waals surface area contributed by atoms with E-state index in [1.54, 1.807) is 0 Å². The zero-order valence-electron chi connectivity index (χ0n) is 16.9. The Labute approximate surface area is 159 Å². The highest BCUT2D eigenvalue weighted by Gasteiger charge is 2.38. The minimum absolute atomic E-state index is 0.0853. The van der Waals surface area contributed by atoms with E-state index in [9.17, 15) is 4.79 Å². The molecular weight excluding hydrogens is 344 g/mol. The van der Waals surface area contributed by atoms with Gasteiger partial charge in [0.05, 0.1) is 13.7 Å². The van der Waals surface area contributed by atoms with Crippen LogP contribution in [0.4, 0.5) is 0 Å². The lowest BCUT2D eigenvalue weighted by Crippen LogP contribution is -2.43. The molecule has 0 aliphatic heterocycles. The fourth-order valence-electron chi connectivity index (χ4n) is 2.02. The van der Waals surface area contributed by atoms with Crippen molar-refractivity contribution < 1.29 is 18.7 Å². The van der Waals surface area contributed by atoms with Crippen LogP contribution in [0.5, 0.6) is 0 Å². The summed E-state index contributed by atoms with van der Waals surface area (Å²) in [4.78, 5) is 11.3. The molecule has 0 N–H and O–H groups in total. The molecule has 5 heteroatoms. The monoisotopic (exact) mass is 376 g/mol. The van der Waals surface area contributed by atoms with Gasteiger partial charge in [-0.05, 0) is 36.5 Å². The highest BCUT2D eigenvalue weighted by atomic mass is 28.4. The largest absolute Gasteiger partial charge is 0.459 e. The molecule has 0 aromatic heterocycles. The van der Waals surface area contributed by atoms with E-state index in [2.05, 4.69) is 50.4 Å². The van der Waals surface area contributed by atoms with Crippen molar-refractivity contribution in [1.29, 1.82) is 0 Å². The summed E-state index contributed by atoms with van der Waals surface area (Å²) in [5, 5.41) is 0.0853. The standard InChI is InChI=1S/C21H32O4Si/c1-21(2,3)26(5,6)25-19(14-15-20(22)23-4)13-10-16-24-17-18-11-8-7-9-12-18/h7-9,11-12,19H,10,13,16-17H2,1-6H3/t19-/m1/s1. The SMILES string of the molecule is COC(=O)C#C[C@@H](CCCOCc1ccccc1)O[Si](C)(C)C(C)(C)C. The number of hydrogen-bond acceptors (Lipinski definition) is 4. The van der Waals surface area contributed by atoms with Gasteiger partial charge in [-0.3, -0.25) is 0 Å². The highest BCUT2D eigenvalue weighted by Crippen LogP contribution is 2.37. The van der Waals surface area contributed by atoms with Crippen LogP contribution in [0.3, 0.4) is 0 Å². The van der Waals surface area contributed by atoms with Crippen LogP contribution in [0.2, 0.25) is 18.1 Å². The summed E-state index contributed by atoms with van der Waals surface area (Å²) in [7, 11) is -0.635. The normalized spacial score (nSPS) is 12.8. The van der Waals surface area contributed by atoms with Gasteiger partial charge in [-0.2, -0.15) is 0 Å². The second-order valence-electron chi connectivity index (χ2n) is 7.81. The summed E-state index contributed by atoms with van der Waals surface area (Å²) >= 11 is 0. The fourth-order valence-corrected chi connectivity index (χ4v) is 3.26. The number of benzene rings is 1. The molecule has 26 heavy (non-hydrogen) atoms. The molecule has 0 amide bonds.